The molecule has 0 aliphatic rings. The molecule has 0 heterocycles. The van der Waals surface area contributed by atoms with Crippen molar-refractivity contribution in [2.24, 2.45) is 0 Å². The van der Waals surface area contributed by atoms with Crippen molar-refractivity contribution < 1.29 is 22.0 Å². The van der Waals surface area contributed by atoms with Crippen LogP contribution in [0.25, 0.3) is 0 Å². The molecule has 0 aliphatic carbocycles. The third-order valence-corrected chi connectivity index (χ3v) is 5.96. The maximum atomic E-state index is 13.7. The van der Waals surface area contributed by atoms with E-state index in [-0.39, 0.29) is 0 Å². The van der Waals surface area contributed by atoms with Crippen LogP contribution in [0.15, 0.2) is 52.3 Å². The van der Waals surface area contributed by atoms with Crippen molar-refractivity contribution in [3.63, 3.8) is 0 Å². The lowest BCUT2D eigenvalue weighted by molar-refractivity contribution is -0.116. The third kappa shape index (κ3) is 4.56. The summed E-state index contributed by atoms with van der Waals surface area (Å²) < 4.78 is 52.1. The van der Waals surface area contributed by atoms with Gasteiger partial charge in [0.2, 0.25) is 15.9 Å². The van der Waals surface area contributed by atoms with Gasteiger partial charge in [-0.3, -0.25) is 4.79 Å². The van der Waals surface area contributed by atoms with Gasteiger partial charge in [0, 0.05) is 18.0 Å². The Balaban J connectivity index is 2.15. The zero-order valence-corrected chi connectivity index (χ0v) is 15.1. The smallest absolute Gasteiger partial charge is 0.246 e. The summed E-state index contributed by atoms with van der Waals surface area (Å²) in [4.78, 5) is 12.3. The zero-order valence-electron chi connectivity index (χ0n) is 13.5. The molecule has 0 radical (unpaired) electrons. The number of carbonyl (C=O) groups excluding carboxylic acids is 1. The van der Waals surface area contributed by atoms with Gasteiger partial charge in [0.1, 0.15) is 16.5 Å². The van der Waals surface area contributed by atoms with Gasteiger partial charge in [-0.25, -0.2) is 17.2 Å². The number of thioether (sulfide) groups is 1. The molecule has 0 saturated heterocycles. The number of nitrogens with zero attached hydrogens (tertiary/aromatic N) is 1. The summed E-state index contributed by atoms with van der Waals surface area (Å²) >= 11 is 1.43. The molecule has 2 rings (SSSR count). The number of benzene rings is 2. The molecule has 2 aromatic carbocycles. The number of rotatable bonds is 6. The van der Waals surface area contributed by atoms with E-state index in [2.05, 4.69) is 5.32 Å². The van der Waals surface area contributed by atoms with Crippen LogP contribution in [-0.2, 0) is 14.8 Å². The minimum absolute atomic E-state index is 0.482. The number of anilines is 1. The number of hydrogen-bond donors (Lipinski definition) is 1. The van der Waals surface area contributed by atoms with Gasteiger partial charge in [0.05, 0.1) is 12.2 Å². The summed E-state index contributed by atoms with van der Waals surface area (Å²) in [6.45, 7) is -0.512. The number of nitrogens with one attached hydrogen (secondary N) is 1. The van der Waals surface area contributed by atoms with Crippen LogP contribution < -0.4 is 5.32 Å². The molecule has 134 valence electrons. The summed E-state index contributed by atoms with van der Waals surface area (Å²) in [5.41, 5.74) is 0.554. The first kappa shape index (κ1) is 19.4. The van der Waals surface area contributed by atoms with E-state index < -0.39 is 39.0 Å². The van der Waals surface area contributed by atoms with Crippen molar-refractivity contribution >= 4 is 33.4 Å². The molecule has 0 saturated carbocycles. The second kappa shape index (κ2) is 7.94. The number of likely N-dealkylation sites (N-methyl/N-ethyl adjacent to an activating group) is 1. The van der Waals surface area contributed by atoms with E-state index in [1.807, 2.05) is 18.4 Å². The second-order valence-corrected chi connectivity index (χ2v) is 7.95. The van der Waals surface area contributed by atoms with E-state index in [0.717, 1.165) is 24.1 Å². The minimum Gasteiger partial charge on any atom is -0.324 e. The Morgan fingerprint density at radius 2 is 1.88 bits per heavy atom. The molecule has 0 atom stereocenters. The van der Waals surface area contributed by atoms with Crippen LogP contribution in [0.5, 0.6) is 0 Å². The lowest BCUT2D eigenvalue weighted by atomic mass is 10.3. The van der Waals surface area contributed by atoms with Gasteiger partial charge < -0.3 is 5.32 Å². The average molecular weight is 386 g/mol. The van der Waals surface area contributed by atoms with E-state index in [9.17, 15) is 22.0 Å². The number of sulfonamides is 1. The van der Waals surface area contributed by atoms with E-state index in [0.29, 0.717) is 16.1 Å². The summed E-state index contributed by atoms with van der Waals surface area (Å²) in [5.74, 6) is -2.67. The Labute approximate surface area is 149 Å². The Morgan fingerprint density at radius 1 is 1.20 bits per heavy atom. The number of halogens is 2. The third-order valence-electron chi connectivity index (χ3n) is 3.33. The summed E-state index contributed by atoms with van der Waals surface area (Å²) in [7, 11) is -3.11. The maximum absolute atomic E-state index is 13.7. The summed E-state index contributed by atoms with van der Waals surface area (Å²) in [5, 5.41) is 2.62. The number of hydrogen-bond acceptors (Lipinski definition) is 4. The molecule has 1 N–H and O–H groups in total. The van der Waals surface area contributed by atoms with Crippen molar-refractivity contribution in [2.45, 2.75) is 9.79 Å². The largest absolute Gasteiger partial charge is 0.324 e. The fourth-order valence-corrected chi connectivity index (χ4v) is 3.80. The van der Waals surface area contributed by atoms with Gasteiger partial charge in [0.25, 0.3) is 0 Å². The summed E-state index contributed by atoms with van der Waals surface area (Å²) in [6, 6.07) is 9.22. The first-order chi connectivity index (χ1) is 11.8. The molecule has 9 heteroatoms. The molecule has 0 fully saturated rings. The Morgan fingerprint density at radius 3 is 2.52 bits per heavy atom. The molecule has 2 aromatic rings. The van der Waals surface area contributed by atoms with Crippen LogP contribution in [0.2, 0.25) is 0 Å². The Hall–Kier alpha value is -1.97. The molecule has 1 amide bonds. The molecule has 0 aromatic heterocycles. The predicted molar refractivity (Wildman–Crippen MR) is 93.0 cm³/mol. The van der Waals surface area contributed by atoms with Crippen LogP contribution in [0.3, 0.4) is 0 Å². The van der Waals surface area contributed by atoms with Gasteiger partial charge in [-0.1, -0.05) is 12.1 Å². The molecule has 0 spiro atoms. The highest BCUT2D eigenvalue weighted by atomic mass is 32.2. The van der Waals surface area contributed by atoms with Crippen LogP contribution in [0, 0.1) is 11.6 Å². The normalized spacial score (nSPS) is 11.6. The van der Waals surface area contributed by atoms with Crippen molar-refractivity contribution in [2.75, 3.05) is 25.2 Å². The SMILES string of the molecule is CSc1ccccc1NC(=O)CN(C)S(=O)(=O)c1ccc(F)cc1F. The van der Waals surface area contributed by atoms with Crippen molar-refractivity contribution in [1.82, 2.24) is 4.31 Å². The predicted octanol–water partition coefficient (Wildman–Crippen LogP) is 2.95. The van der Waals surface area contributed by atoms with Crippen LogP contribution in [0.4, 0.5) is 14.5 Å². The highest BCUT2D eigenvalue weighted by Gasteiger charge is 2.26. The molecule has 0 aliphatic heterocycles. The highest BCUT2D eigenvalue weighted by molar-refractivity contribution is 7.98. The van der Waals surface area contributed by atoms with Crippen LogP contribution >= 0.6 is 11.8 Å². The molecular weight excluding hydrogens is 370 g/mol. The first-order valence-corrected chi connectivity index (χ1v) is 9.76. The average Bonchev–Trinajstić information content (AvgIpc) is 2.54. The lowest BCUT2D eigenvalue weighted by Gasteiger charge is -2.18. The maximum Gasteiger partial charge on any atom is 0.246 e. The van der Waals surface area contributed by atoms with Crippen molar-refractivity contribution in [3.8, 4) is 0 Å². The fraction of sp³-hybridized carbons (Fsp3) is 0.188. The summed E-state index contributed by atoms with van der Waals surface area (Å²) in [6.07, 6.45) is 1.85. The Kier molecular flexibility index (Phi) is 6.15. The van der Waals surface area contributed by atoms with Gasteiger partial charge >= 0.3 is 0 Å². The fourth-order valence-electron chi connectivity index (χ4n) is 2.08. The number of amides is 1. The molecule has 0 bridgehead atoms. The quantitative estimate of drug-likeness (QED) is 0.776. The first-order valence-electron chi connectivity index (χ1n) is 7.10. The second-order valence-electron chi connectivity index (χ2n) is 5.08. The van der Waals surface area contributed by atoms with E-state index in [4.69, 9.17) is 0 Å². The lowest BCUT2D eigenvalue weighted by Crippen LogP contribution is -2.35. The van der Waals surface area contributed by atoms with E-state index in [1.54, 1.807) is 12.1 Å². The minimum atomic E-state index is -4.26. The van der Waals surface area contributed by atoms with Gasteiger partial charge in [-0.05, 0) is 30.5 Å². The van der Waals surface area contributed by atoms with Gasteiger partial charge in [-0.15, -0.1) is 11.8 Å². The molecule has 25 heavy (non-hydrogen) atoms. The van der Waals surface area contributed by atoms with Crippen molar-refractivity contribution in [3.05, 3.63) is 54.1 Å². The highest BCUT2D eigenvalue weighted by Crippen LogP contribution is 2.25. The van der Waals surface area contributed by atoms with Crippen LogP contribution in [-0.4, -0.2) is 38.5 Å². The van der Waals surface area contributed by atoms with Crippen LogP contribution in [0.1, 0.15) is 0 Å². The Bertz CT molecular complexity index is 889. The van der Waals surface area contributed by atoms with Crippen molar-refractivity contribution in [1.29, 1.82) is 0 Å². The molecule has 0 unspecified atom stereocenters. The monoisotopic (exact) mass is 386 g/mol. The number of para-hydroxylation sites is 1. The van der Waals surface area contributed by atoms with E-state index in [1.165, 1.54) is 11.8 Å². The van der Waals surface area contributed by atoms with E-state index >= 15 is 0 Å². The van der Waals surface area contributed by atoms with Gasteiger partial charge in [-0.2, -0.15) is 4.31 Å². The molecule has 5 nitrogen and oxygen atoms in total. The zero-order chi connectivity index (χ0) is 18.6. The topological polar surface area (TPSA) is 66.5 Å². The molecular formula is C16H16F2N2O3S2. The standard InChI is InChI=1S/C16H16F2N2O3S2/c1-20(25(22,23)15-8-7-11(17)9-12(15)18)10-16(21)19-13-5-3-4-6-14(13)24-2/h3-9H,10H2,1-2H3,(H,19,21). The number of carbonyl (C=O) groups is 1. The van der Waals surface area contributed by atoms with Gasteiger partial charge in [0.15, 0.2) is 0 Å².